The zero-order valence-electron chi connectivity index (χ0n) is 17.8. The summed E-state index contributed by atoms with van der Waals surface area (Å²) in [6.45, 7) is 2.60. The minimum Gasteiger partial charge on any atom is -0.365 e. The van der Waals surface area contributed by atoms with Crippen LogP contribution in [-0.4, -0.2) is 39.2 Å². The van der Waals surface area contributed by atoms with Crippen molar-refractivity contribution in [2.24, 2.45) is 11.8 Å². The van der Waals surface area contributed by atoms with E-state index < -0.39 is 17.6 Å². The fourth-order valence-electron chi connectivity index (χ4n) is 5.07. The minimum absolute atomic E-state index is 0.00885. The van der Waals surface area contributed by atoms with Crippen LogP contribution in [0.4, 0.5) is 23.4 Å². The Balaban J connectivity index is 1.28. The molecular weight excluding hydrogens is 434 g/mol. The van der Waals surface area contributed by atoms with Crippen molar-refractivity contribution in [2.75, 3.05) is 18.4 Å². The van der Waals surface area contributed by atoms with Gasteiger partial charge in [0.15, 0.2) is 5.82 Å². The number of hydrogen-bond acceptors (Lipinski definition) is 5. The third kappa shape index (κ3) is 4.68. The van der Waals surface area contributed by atoms with Gasteiger partial charge in [-0.1, -0.05) is 18.2 Å². The lowest BCUT2D eigenvalue weighted by atomic mass is 10.0. The molecule has 9 heteroatoms. The average molecular weight is 457 g/mol. The number of hydrogen-bond donors (Lipinski definition) is 1. The van der Waals surface area contributed by atoms with Crippen LogP contribution in [0.25, 0.3) is 11.3 Å². The zero-order chi connectivity index (χ0) is 23.0. The SMILES string of the molecule is Fc1ccccc1-c1cc(C(F)(F)F)c(NC2C[C@@H]3CN(Cc4ccccn4)C[C@H]3C2)nn1. The number of nitrogens with zero attached hydrogens (tertiary/aromatic N) is 4. The maximum atomic E-state index is 14.1. The van der Waals surface area contributed by atoms with Crippen molar-refractivity contribution in [1.29, 1.82) is 0 Å². The van der Waals surface area contributed by atoms with E-state index >= 15 is 0 Å². The highest BCUT2D eigenvalue weighted by Gasteiger charge is 2.42. The van der Waals surface area contributed by atoms with Crippen LogP contribution < -0.4 is 5.32 Å². The van der Waals surface area contributed by atoms with Gasteiger partial charge in [-0.3, -0.25) is 9.88 Å². The van der Waals surface area contributed by atoms with E-state index in [1.807, 2.05) is 18.2 Å². The lowest BCUT2D eigenvalue weighted by Gasteiger charge is -2.21. The second kappa shape index (κ2) is 8.70. The van der Waals surface area contributed by atoms with E-state index in [2.05, 4.69) is 25.4 Å². The van der Waals surface area contributed by atoms with Crippen molar-refractivity contribution >= 4 is 5.82 Å². The van der Waals surface area contributed by atoms with Crippen molar-refractivity contribution in [3.63, 3.8) is 0 Å². The highest BCUT2D eigenvalue weighted by atomic mass is 19.4. The first-order chi connectivity index (χ1) is 15.9. The van der Waals surface area contributed by atoms with E-state index in [1.165, 1.54) is 18.2 Å². The number of aromatic nitrogens is 3. The maximum absolute atomic E-state index is 14.1. The molecule has 0 unspecified atom stereocenters. The summed E-state index contributed by atoms with van der Waals surface area (Å²) in [5, 5.41) is 10.7. The fourth-order valence-corrected chi connectivity index (χ4v) is 5.07. The van der Waals surface area contributed by atoms with E-state index in [0.29, 0.717) is 11.8 Å². The zero-order valence-corrected chi connectivity index (χ0v) is 17.8. The number of pyridine rings is 1. The van der Waals surface area contributed by atoms with Crippen molar-refractivity contribution < 1.29 is 17.6 Å². The smallest absolute Gasteiger partial charge is 0.365 e. The van der Waals surface area contributed by atoms with Crippen molar-refractivity contribution in [2.45, 2.75) is 31.6 Å². The van der Waals surface area contributed by atoms with Crippen molar-refractivity contribution in [3.05, 3.63) is 71.8 Å². The topological polar surface area (TPSA) is 53.9 Å². The van der Waals surface area contributed by atoms with Crippen LogP contribution in [0.5, 0.6) is 0 Å². The molecule has 0 radical (unpaired) electrons. The molecule has 1 N–H and O–H groups in total. The monoisotopic (exact) mass is 457 g/mol. The second-order valence-electron chi connectivity index (χ2n) is 8.82. The van der Waals surface area contributed by atoms with Crippen molar-refractivity contribution in [3.8, 4) is 11.3 Å². The first-order valence-electron chi connectivity index (χ1n) is 11.0. The summed E-state index contributed by atoms with van der Waals surface area (Å²) in [5.41, 5.74) is -0.0540. The van der Waals surface area contributed by atoms with Gasteiger partial charge in [0.2, 0.25) is 0 Å². The highest BCUT2D eigenvalue weighted by Crippen LogP contribution is 2.41. The van der Waals surface area contributed by atoms with E-state index in [0.717, 1.165) is 44.2 Å². The molecular formula is C24H23F4N5. The van der Waals surface area contributed by atoms with Crippen LogP contribution in [0.2, 0.25) is 0 Å². The van der Waals surface area contributed by atoms with Crippen LogP contribution in [0.3, 0.4) is 0 Å². The number of nitrogens with one attached hydrogen (secondary N) is 1. The van der Waals surface area contributed by atoms with Gasteiger partial charge in [0.05, 0.1) is 11.4 Å². The molecule has 2 aromatic heterocycles. The molecule has 3 heterocycles. The van der Waals surface area contributed by atoms with Crippen LogP contribution in [0, 0.1) is 17.7 Å². The number of benzene rings is 1. The molecule has 1 aromatic carbocycles. The normalized spacial score (nSPS) is 21.3. The van der Waals surface area contributed by atoms with Gasteiger partial charge in [0.1, 0.15) is 11.4 Å². The Kier molecular flexibility index (Phi) is 5.74. The predicted molar refractivity (Wildman–Crippen MR) is 116 cm³/mol. The number of likely N-dealkylation sites (tertiary alicyclic amines) is 1. The van der Waals surface area contributed by atoms with Gasteiger partial charge in [0.25, 0.3) is 0 Å². The molecule has 1 saturated carbocycles. The molecule has 1 saturated heterocycles. The van der Waals surface area contributed by atoms with Gasteiger partial charge in [-0.25, -0.2) is 4.39 Å². The van der Waals surface area contributed by atoms with Gasteiger partial charge in [-0.15, -0.1) is 10.2 Å². The molecule has 172 valence electrons. The van der Waals surface area contributed by atoms with E-state index in [9.17, 15) is 17.6 Å². The molecule has 1 aliphatic carbocycles. The number of fused-ring (bicyclic) bond motifs is 1. The summed E-state index contributed by atoms with van der Waals surface area (Å²) in [6.07, 6.45) is -1.30. The Labute approximate surface area is 188 Å². The molecule has 0 bridgehead atoms. The van der Waals surface area contributed by atoms with Crippen molar-refractivity contribution in [1.82, 2.24) is 20.1 Å². The quantitative estimate of drug-likeness (QED) is 0.546. The Bertz CT molecular complexity index is 1110. The number of anilines is 1. The summed E-state index contributed by atoms with van der Waals surface area (Å²) in [7, 11) is 0. The summed E-state index contributed by atoms with van der Waals surface area (Å²) in [5.74, 6) is -0.0881. The Morgan fingerprint density at radius 2 is 1.70 bits per heavy atom. The number of rotatable bonds is 5. The van der Waals surface area contributed by atoms with E-state index in [4.69, 9.17) is 0 Å². The number of alkyl halides is 3. The molecule has 0 spiro atoms. The Morgan fingerprint density at radius 3 is 2.36 bits per heavy atom. The third-order valence-corrected chi connectivity index (χ3v) is 6.53. The molecule has 5 nitrogen and oxygen atoms in total. The molecule has 3 aromatic rings. The summed E-state index contributed by atoms with van der Waals surface area (Å²) < 4.78 is 55.4. The Morgan fingerprint density at radius 1 is 0.970 bits per heavy atom. The standard InChI is InChI=1S/C24H23F4N5/c25-21-7-2-1-6-19(21)22-11-20(24(26,27)28)23(32-31-22)30-18-9-15-12-33(13-16(15)10-18)14-17-5-3-4-8-29-17/h1-8,11,15-16,18H,9-10,12-14H2,(H,30,32)/t15-,16-/m1/s1. The molecule has 0 amide bonds. The average Bonchev–Trinajstić information content (AvgIpc) is 3.32. The maximum Gasteiger partial charge on any atom is 0.420 e. The molecule has 5 rings (SSSR count). The largest absolute Gasteiger partial charge is 0.420 e. The first kappa shape index (κ1) is 21.8. The third-order valence-electron chi connectivity index (χ3n) is 6.53. The Hall–Kier alpha value is -3.07. The predicted octanol–water partition coefficient (Wildman–Crippen LogP) is 5.02. The molecule has 33 heavy (non-hydrogen) atoms. The van der Waals surface area contributed by atoms with Gasteiger partial charge in [-0.05, 0) is 55.0 Å². The van der Waals surface area contributed by atoms with Crippen LogP contribution in [0.15, 0.2) is 54.7 Å². The summed E-state index contributed by atoms with van der Waals surface area (Å²) >= 11 is 0. The first-order valence-corrected chi connectivity index (χ1v) is 11.0. The van der Waals surface area contributed by atoms with Gasteiger partial charge >= 0.3 is 6.18 Å². The minimum atomic E-state index is -4.63. The van der Waals surface area contributed by atoms with Gasteiger partial charge in [0, 0.05) is 37.4 Å². The lowest BCUT2D eigenvalue weighted by molar-refractivity contribution is -0.137. The number of halogens is 4. The van der Waals surface area contributed by atoms with Gasteiger partial charge < -0.3 is 5.32 Å². The fraction of sp³-hybridized carbons (Fsp3) is 0.375. The van der Waals surface area contributed by atoms with E-state index in [-0.39, 0.29) is 23.1 Å². The molecule has 2 fully saturated rings. The summed E-state index contributed by atoms with van der Waals surface area (Å²) in [4.78, 5) is 6.73. The summed E-state index contributed by atoms with van der Waals surface area (Å²) in [6, 6.07) is 12.2. The second-order valence-corrected chi connectivity index (χ2v) is 8.82. The molecule has 2 aliphatic rings. The van der Waals surface area contributed by atoms with Gasteiger partial charge in [-0.2, -0.15) is 13.2 Å². The van der Waals surface area contributed by atoms with E-state index in [1.54, 1.807) is 12.3 Å². The molecule has 2 atom stereocenters. The van der Waals surface area contributed by atoms with Crippen LogP contribution in [-0.2, 0) is 12.7 Å². The lowest BCUT2D eigenvalue weighted by Crippen LogP contribution is -2.26. The molecule has 1 aliphatic heterocycles. The highest BCUT2D eigenvalue weighted by molar-refractivity contribution is 5.63. The van der Waals surface area contributed by atoms with Crippen LogP contribution in [0.1, 0.15) is 24.1 Å². The van der Waals surface area contributed by atoms with Crippen LogP contribution >= 0.6 is 0 Å².